The van der Waals surface area contributed by atoms with Crippen molar-refractivity contribution in [1.82, 2.24) is 10.3 Å². The first-order valence-electron chi connectivity index (χ1n) is 10.3. The summed E-state index contributed by atoms with van der Waals surface area (Å²) in [5, 5.41) is 13.3. The zero-order chi connectivity index (χ0) is 25.5. The van der Waals surface area contributed by atoms with Gasteiger partial charge in [-0.3, -0.25) is 4.79 Å². The number of hydrogen-bond acceptors (Lipinski definition) is 4. The molecule has 11 heteroatoms. The maximum absolute atomic E-state index is 14.7. The van der Waals surface area contributed by atoms with Gasteiger partial charge in [0.15, 0.2) is 5.84 Å². The molecule has 3 aromatic carbocycles. The van der Waals surface area contributed by atoms with Gasteiger partial charge in [0.1, 0.15) is 17.7 Å². The third-order valence-electron chi connectivity index (χ3n) is 4.69. The predicted molar refractivity (Wildman–Crippen MR) is 132 cm³/mol. The second kappa shape index (κ2) is 11.3. The topological polar surface area (TPSA) is 112 Å². The van der Waals surface area contributed by atoms with E-state index < -0.39 is 29.6 Å². The van der Waals surface area contributed by atoms with Gasteiger partial charge >= 0.3 is 6.03 Å². The molecule has 1 atom stereocenters. The van der Waals surface area contributed by atoms with Gasteiger partial charge in [-0.1, -0.05) is 29.8 Å². The van der Waals surface area contributed by atoms with Crippen LogP contribution in [0, 0.1) is 11.6 Å². The van der Waals surface area contributed by atoms with E-state index in [-0.39, 0.29) is 17.1 Å². The molecule has 182 valence electrons. The number of nitrogens with two attached hydrogens (primary N) is 1. The average Bonchev–Trinajstić information content (AvgIpc) is 2.80. The van der Waals surface area contributed by atoms with Gasteiger partial charge in [0.25, 0.3) is 5.91 Å². The van der Waals surface area contributed by atoms with E-state index >= 15 is 0 Å². The van der Waals surface area contributed by atoms with Crippen molar-refractivity contribution in [1.29, 1.82) is 0 Å². The number of halogens is 3. The van der Waals surface area contributed by atoms with Crippen LogP contribution >= 0.6 is 11.6 Å². The number of urea groups is 1. The van der Waals surface area contributed by atoms with E-state index in [1.165, 1.54) is 35.3 Å². The van der Waals surface area contributed by atoms with Gasteiger partial charge in [0.05, 0.1) is 5.69 Å². The van der Waals surface area contributed by atoms with Crippen LogP contribution < -0.4 is 21.7 Å². The van der Waals surface area contributed by atoms with Crippen molar-refractivity contribution in [3.8, 4) is 0 Å². The maximum atomic E-state index is 14.7. The summed E-state index contributed by atoms with van der Waals surface area (Å²) in [6.07, 6.45) is 0. The number of nitrogens with one attached hydrogen (secondary N) is 3. The highest BCUT2D eigenvalue weighted by Gasteiger charge is 2.26. The number of rotatable bonds is 7. The highest BCUT2D eigenvalue weighted by molar-refractivity contribution is 6.30. The first-order valence-corrected chi connectivity index (χ1v) is 10.7. The Morgan fingerprint density at radius 3 is 2.29 bits per heavy atom. The van der Waals surface area contributed by atoms with Gasteiger partial charge in [-0.15, -0.1) is 0 Å². The quantitative estimate of drug-likeness (QED) is 0.220. The van der Waals surface area contributed by atoms with Crippen LogP contribution in [-0.4, -0.2) is 36.9 Å². The molecule has 35 heavy (non-hydrogen) atoms. The second-order valence-electron chi connectivity index (χ2n) is 7.58. The SMILES string of the molecule is CN(C)N=C(N)c1ccc(NC(=O)C(NC(=O)Nc2ccc(Cl)cc2)c2ccccc2F)c(F)c1. The third kappa shape index (κ3) is 6.90. The van der Waals surface area contributed by atoms with Gasteiger partial charge < -0.3 is 26.7 Å². The molecule has 0 bridgehead atoms. The number of nitrogens with zero attached hydrogens (tertiary/aromatic N) is 2. The molecule has 0 aliphatic rings. The molecule has 0 saturated carbocycles. The number of carbonyl (C=O) groups excluding carboxylic acids is 2. The fraction of sp³-hybridized carbons (Fsp3) is 0.125. The standard InChI is InChI=1S/C24H23ClF2N6O2/c1-33(2)32-22(28)14-7-12-20(19(27)13-14)30-23(34)21(17-5-3-4-6-18(17)26)31-24(35)29-16-10-8-15(25)9-11-16/h3-13,21H,1-2H3,(H2,28,32)(H,30,34)(H2,29,31,35). The van der Waals surface area contributed by atoms with E-state index in [1.807, 2.05) is 0 Å². The van der Waals surface area contributed by atoms with Gasteiger partial charge in [0.2, 0.25) is 0 Å². The average molecular weight is 501 g/mol. The van der Waals surface area contributed by atoms with Crippen LogP contribution in [0.5, 0.6) is 0 Å². The third-order valence-corrected chi connectivity index (χ3v) is 4.94. The fourth-order valence-electron chi connectivity index (χ4n) is 3.08. The van der Waals surface area contributed by atoms with Gasteiger partial charge in [-0.25, -0.2) is 13.6 Å². The molecule has 0 saturated heterocycles. The molecular formula is C24H23ClF2N6O2. The largest absolute Gasteiger partial charge is 0.382 e. The summed E-state index contributed by atoms with van der Waals surface area (Å²) in [5.41, 5.74) is 6.26. The molecule has 0 fully saturated rings. The van der Waals surface area contributed by atoms with Crippen LogP contribution in [-0.2, 0) is 4.79 Å². The van der Waals surface area contributed by atoms with Crippen molar-refractivity contribution < 1.29 is 18.4 Å². The minimum Gasteiger partial charge on any atom is -0.382 e. The molecular weight excluding hydrogens is 478 g/mol. The number of anilines is 2. The lowest BCUT2D eigenvalue weighted by atomic mass is 10.1. The molecule has 0 radical (unpaired) electrons. The molecule has 0 spiro atoms. The summed E-state index contributed by atoms with van der Waals surface area (Å²) < 4.78 is 29.2. The number of amidine groups is 1. The minimum absolute atomic E-state index is 0.0801. The Hall–Kier alpha value is -4.18. The van der Waals surface area contributed by atoms with E-state index in [0.717, 1.165) is 12.1 Å². The summed E-state index contributed by atoms with van der Waals surface area (Å²) in [6, 6.07) is 13.3. The Bertz CT molecular complexity index is 1250. The molecule has 0 heterocycles. The Morgan fingerprint density at radius 2 is 1.66 bits per heavy atom. The molecule has 0 aliphatic carbocycles. The first kappa shape index (κ1) is 25.4. The van der Waals surface area contributed by atoms with Gasteiger partial charge in [0, 0.05) is 35.9 Å². The number of carbonyl (C=O) groups is 2. The number of hydrazone groups is 1. The monoisotopic (exact) mass is 500 g/mol. The normalized spacial score (nSPS) is 12.0. The van der Waals surface area contributed by atoms with E-state index in [4.69, 9.17) is 17.3 Å². The Labute approximate surface area is 205 Å². The molecule has 5 N–H and O–H groups in total. The maximum Gasteiger partial charge on any atom is 0.320 e. The highest BCUT2D eigenvalue weighted by Crippen LogP contribution is 2.22. The first-order chi connectivity index (χ1) is 16.6. The Balaban J connectivity index is 1.82. The summed E-state index contributed by atoms with van der Waals surface area (Å²) in [6.45, 7) is 0. The van der Waals surface area contributed by atoms with Crippen molar-refractivity contribution in [2.75, 3.05) is 24.7 Å². The molecule has 3 amide bonds. The highest BCUT2D eigenvalue weighted by atomic mass is 35.5. The fourth-order valence-corrected chi connectivity index (χ4v) is 3.21. The van der Waals surface area contributed by atoms with Gasteiger partial charge in [-0.2, -0.15) is 5.10 Å². The second-order valence-corrected chi connectivity index (χ2v) is 8.01. The number of amides is 3. The minimum atomic E-state index is -1.47. The van der Waals surface area contributed by atoms with E-state index in [9.17, 15) is 18.4 Å². The van der Waals surface area contributed by atoms with Gasteiger partial charge in [-0.05, 0) is 48.5 Å². The molecule has 1 unspecified atom stereocenters. The van der Waals surface area contributed by atoms with Crippen molar-refractivity contribution in [3.63, 3.8) is 0 Å². The molecule has 3 aromatic rings. The Morgan fingerprint density at radius 1 is 0.971 bits per heavy atom. The summed E-state index contributed by atoms with van der Waals surface area (Å²) in [4.78, 5) is 25.6. The van der Waals surface area contributed by atoms with E-state index in [2.05, 4.69) is 21.1 Å². The molecule has 0 aliphatic heterocycles. The van der Waals surface area contributed by atoms with Crippen LogP contribution in [0.25, 0.3) is 0 Å². The van der Waals surface area contributed by atoms with E-state index in [1.54, 1.807) is 38.4 Å². The van der Waals surface area contributed by atoms with Crippen molar-refractivity contribution in [3.05, 3.63) is 94.5 Å². The predicted octanol–water partition coefficient (Wildman–Crippen LogP) is 4.30. The lowest BCUT2D eigenvalue weighted by molar-refractivity contribution is -0.118. The van der Waals surface area contributed by atoms with Crippen LogP contribution in [0.2, 0.25) is 5.02 Å². The summed E-state index contributed by atoms with van der Waals surface area (Å²) in [7, 11) is 3.33. The van der Waals surface area contributed by atoms with Crippen molar-refractivity contribution in [2.45, 2.75) is 6.04 Å². The zero-order valence-corrected chi connectivity index (χ0v) is 19.6. The smallest absolute Gasteiger partial charge is 0.320 e. The van der Waals surface area contributed by atoms with Crippen LogP contribution in [0.15, 0.2) is 71.8 Å². The van der Waals surface area contributed by atoms with Crippen molar-refractivity contribution in [2.24, 2.45) is 10.8 Å². The lowest BCUT2D eigenvalue weighted by Crippen LogP contribution is -2.39. The molecule has 3 rings (SSSR count). The van der Waals surface area contributed by atoms with Crippen LogP contribution in [0.4, 0.5) is 25.0 Å². The lowest BCUT2D eigenvalue weighted by Gasteiger charge is -2.20. The number of hydrogen-bond donors (Lipinski definition) is 4. The summed E-state index contributed by atoms with van der Waals surface area (Å²) in [5.74, 6) is -2.28. The Kier molecular flexibility index (Phi) is 8.21. The zero-order valence-electron chi connectivity index (χ0n) is 18.9. The summed E-state index contributed by atoms with van der Waals surface area (Å²) >= 11 is 5.84. The van der Waals surface area contributed by atoms with Crippen LogP contribution in [0.1, 0.15) is 17.2 Å². The van der Waals surface area contributed by atoms with E-state index in [0.29, 0.717) is 16.3 Å². The van der Waals surface area contributed by atoms with Crippen LogP contribution in [0.3, 0.4) is 0 Å². The molecule has 0 aromatic heterocycles. The van der Waals surface area contributed by atoms with Crippen molar-refractivity contribution >= 4 is 40.7 Å². The number of benzene rings is 3. The molecule has 8 nitrogen and oxygen atoms in total.